The van der Waals surface area contributed by atoms with E-state index in [1.54, 1.807) is 12.1 Å². The summed E-state index contributed by atoms with van der Waals surface area (Å²) in [7, 11) is 0. The predicted octanol–water partition coefficient (Wildman–Crippen LogP) is 4.28. The second kappa shape index (κ2) is 5.39. The average Bonchev–Trinajstić information content (AvgIpc) is 2.32. The molecule has 0 N–H and O–H groups in total. The Bertz CT molecular complexity index is 529. The number of benzene rings is 1. The number of halogens is 2. The number of rotatable bonds is 3. The number of pyridine rings is 1. The first kappa shape index (κ1) is 12.2. The first-order valence-electron chi connectivity index (χ1n) is 5.16. The maximum atomic E-state index is 6.00. The first-order valence-corrected chi connectivity index (χ1v) is 5.92. The van der Waals surface area contributed by atoms with Crippen molar-refractivity contribution in [3.05, 3.63) is 57.8 Å². The highest BCUT2D eigenvalue weighted by Crippen LogP contribution is 2.21. The summed E-state index contributed by atoms with van der Waals surface area (Å²) in [4.78, 5) is 4.13. The SMILES string of the molecule is Cc1ccccc1OCc1nc(Cl)ccc1Cl. The van der Waals surface area contributed by atoms with Gasteiger partial charge in [-0.2, -0.15) is 0 Å². The molecule has 0 atom stereocenters. The molecular formula is C13H11Cl2NO. The Morgan fingerprint density at radius 1 is 1.12 bits per heavy atom. The molecule has 0 aliphatic rings. The zero-order chi connectivity index (χ0) is 12.3. The van der Waals surface area contributed by atoms with Gasteiger partial charge in [0.25, 0.3) is 0 Å². The van der Waals surface area contributed by atoms with Crippen LogP contribution >= 0.6 is 23.2 Å². The number of ether oxygens (including phenoxy) is 1. The summed E-state index contributed by atoms with van der Waals surface area (Å²) in [6, 6.07) is 11.2. The maximum absolute atomic E-state index is 6.00. The third-order valence-electron chi connectivity index (χ3n) is 2.34. The number of para-hydroxylation sites is 1. The fourth-order valence-electron chi connectivity index (χ4n) is 1.42. The molecule has 0 radical (unpaired) electrons. The van der Waals surface area contributed by atoms with Crippen molar-refractivity contribution in [2.24, 2.45) is 0 Å². The van der Waals surface area contributed by atoms with E-state index in [9.17, 15) is 0 Å². The van der Waals surface area contributed by atoms with Gasteiger partial charge in [-0.3, -0.25) is 0 Å². The minimum absolute atomic E-state index is 0.310. The number of hydrogen-bond donors (Lipinski definition) is 0. The molecule has 4 heteroatoms. The van der Waals surface area contributed by atoms with Crippen molar-refractivity contribution in [1.29, 1.82) is 0 Å². The molecular weight excluding hydrogens is 257 g/mol. The molecule has 0 unspecified atom stereocenters. The Hall–Kier alpha value is -1.25. The number of hydrogen-bond acceptors (Lipinski definition) is 2. The third-order valence-corrected chi connectivity index (χ3v) is 2.90. The van der Waals surface area contributed by atoms with Crippen LogP contribution in [0.5, 0.6) is 5.75 Å². The van der Waals surface area contributed by atoms with Crippen LogP contribution in [-0.4, -0.2) is 4.98 Å². The highest BCUT2D eigenvalue weighted by atomic mass is 35.5. The average molecular weight is 268 g/mol. The zero-order valence-corrected chi connectivity index (χ0v) is 10.8. The topological polar surface area (TPSA) is 22.1 Å². The van der Waals surface area contributed by atoms with E-state index in [2.05, 4.69) is 4.98 Å². The molecule has 0 bridgehead atoms. The normalized spacial score (nSPS) is 10.3. The molecule has 2 rings (SSSR count). The fourth-order valence-corrected chi connectivity index (χ4v) is 1.75. The lowest BCUT2D eigenvalue weighted by Gasteiger charge is -2.09. The van der Waals surface area contributed by atoms with Crippen molar-refractivity contribution in [1.82, 2.24) is 4.98 Å². The maximum Gasteiger partial charge on any atom is 0.132 e. The van der Waals surface area contributed by atoms with Crippen molar-refractivity contribution in [3.8, 4) is 5.75 Å². The van der Waals surface area contributed by atoms with Gasteiger partial charge in [0.15, 0.2) is 0 Å². The first-order chi connectivity index (χ1) is 8.16. The fraction of sp³-hybridized carbons (Fsp3) is 0.154. The molecule has 0 amide bonds. The Kier molecular flexibility index (Phi) is 3.87. The van der Waals surface area contributed by atoms with Gasteiger partial charge in [0.1, 0.15) is 17.5 Å². The van der Waals surface area contributed by atoms with E-state index in [-0.39, 0.29) is 0 Å². The molecule has 1 aromatic heterocycles. The van der Waals surface area contributed by atoms with Crippen LogP contribution in [0.4, 0.5) is 0 Å². The molecule has 2 nitrogen and oxygen atoms in total. The van der Waals surface area contributed by atoms with Crippen molar-refractivity contribution < 1.29 is 4.74 Å². The van der Waals surface area contributed by atoms with Crippen LogP contribution in [0, 0.1) is 6.92 Å². The van der Waals surface area contributed by atoms with E-state index in [1.165, 1.54) is 0 Å². The van der Waals surface area contributed by atoms with Crippen molar-refractivity contribution in [2.75, 3.05) is 0 Å². The molecule has 17 heavy (non-hydrogen) atoms. The van der Waals surface area contributed by atoms with Crippen LogP contribution in [0.25, 0.3) is 0 Å². The monoisotopic (exact) mass is 267 g/mol. The van der Waals surface area contributed by atoms with Crippen LogP contribution in [0.3, 0.4) is 0 Å². The van der Waals surface area contributed by atoms with Crippen LogP contribution < -0.4 is 4.74 Å². The summed E-state index contributed by atoms with van der Waals surface area (Å²) < 4.78 is 5.65. The van der Waals surface area contributed by atoms with Crippen LogP contribution in [0.2, 0.25) is 10.2 Å². The molecule has 0 fully saturated rings. The Morgan fingerprint density at radius 2 is 1.88 bits per heavy atom. The minimum Gasteiger partial charge on any atom is -0.487 e. The van der Waals surface area contributed by atoms with E-state index in [1.807, 2.05) is 31.2 Å². The number of aromatic nitrogens is 1. The van der Waals surface area contributed by atoms with Gasteiger partial charge < -0.3 is 4.74 Å². The minimum atomic E-state index is 0.310. The van der Waals surface area contributed by atoms with E-state index >= 15 is 0 Å². The molecule has 1 aromatic carbocycles. The van der Waals surface area contributed by atoms with Crippen molar-refractivity contribution in [2.45, 2.75) is 13.5 Å². The smallest absolute Gasteiger partial charge is 0.132 e. The van der Waals surface area contributed by atoms with Gasteiger partial charge in [0, 0.05) is 0 Å². The van der Waals surface area contributed by atoms with Crippen LogP contribution in [-0.2, 0) is 6.61 Å². The summed E-state index contributed by atoms with van der Waals surface area (Å²) >= 11 is 11.8. The molecule has 0 saturated heterocycles. The highest BCUT2D eigenvalue weighted by molar-refractivity contribution is 6.32. The largest absolute Gasteiger partial charge is 0.487 e. The molecule has 0 spiro atoms. The summed E-state index contributed by atoms with van der Waals surface area (Å²) in [5, 5.41) is 0.973. The number of aryl methyl sites for hydroxylation is 1. The summed E-state index contributed by atoms with van der Waals surface area (Å²) in [6.45, 7) is 2.30. The lowest BCUT2D eigenvalue weighted by atomic mass is 10.2. The van der Waals surface area contributed by atoms with E-state index in [4.69, 9.17) is 27.9 Å². The molecule has 0 aliphatic carbocycles. The lowest BCUT2D eigenvalue weighted by molar-refractivity contribution is 0.299. The van der Waals surface area contributed by atoms with Gasteiger partial charge in [0.05, 0.1) is 10.7 Å². The Labute approximate surface area is 110 Å². The third kappa shape index (κ3) is 3.11. The quantitative estimate of drug-likeness (QED) is 0.775. The summed E-state index contributed by atoms with van der Waals surface area (Å²) in [5.41, 5.74) is 1.72. The highest BCUT2D eigenvalue weighted by Gasteiger charge is 2.05. The van der Waals surface area contributed by atoms with E-state index in [0.29, 0.717) is 22.5 Å². The van der Waals surface area contributed by atoms with Crippen molar-refractivity contribution in [3.63, 3.8) is 0 Å². The standard InChI is InChI=1S/C13H11Cl2NO/c1-9-4-2-3-5-12(9)17-8-11-10(14)6-7-13(15)16-11/h2-7H,8H2,1H3. The second-order valence-corrected chi connectivity index (χ2v) is 4.41. The Morgan fingerprint density at radius 3 is 2.65 bits per heavy atom. The van der Waals surface area contributed by atoms with Crippen LogP contribution in [0.15, 0.2) is 36.4 Å². The number of nitrogens with zero attached hydrogens (tertiary/aromatic N) is 1. The molecule has 0 aliphatic heterocycles. The van der Waals surface area contributed by atoms with Gasteiger partial charge in [-0.15, -0.1) is 0 Å². The van der Waals surface area contributed by atoms with Gasteiger partial charge in [0.2, 0.25) is 0 Å². The lowest BCUT2D eigenvalue weighted by Crippen LogP contribution is -2.00. The van der Waals surface area contributed by atoms with Gasteiger partial charge >= 0.3 is 0 Å². The second-order valence-electron chi connectivity index (χ2n) is 3.62. The zero-order valence-electron chi connectivity index (χ0n) is 9.28. The molecule has 2 aromatic rings. The van der Waals surface area contributed by atoms with E-state index < -0.39 is 0 Å². The molecule has 88 valence electrons. The van der Waals surface area contributed by atoms with Gasteiger partial charge in [-0.05, 0) is 30.7 Å². The van der Waals surface area contributed by atoms with Crippen LogP contribution in [0.1, 0.15) is 11.3 Å². The Balaban J connectivity index is 2.12. The van der Waals surface area contributed by atoms with Gasteiger partial charge in [-0.25, -0.2) is 4.98 Å². The summed E-state index contributed by atoms with van der Waals surface area (Å²) in [6.07, 6.45) is 0. The van der Waals surface area contributed by atoms with E-state index in [0.717, 1.165) is 11.3 Å². The summed E-state index contributed by atoms with van der Waals surface area (Å²) in [5.74, 6) is 0.824. The molecule has 0 saturated carbocycles. The van der Waals surface area contributed by atoms with Crippen molar-refractivity contribution >= 4 is 23.2 Å². The molecule has 1 heterocycles. The predicted molar refractivity (Wildman–Crippen MR) is 69.8 cm³/mol. The van der Waals surface area contributed by atoms with Gasteiger partial charge in [-0.1, -0.05) is 41.4 Å².